The molecule has 1 atom stereocenters. The highest BCUT2D eigenvalue weighted by Gasteiger charge is 2.11. The highest BCUT2D eigenvalue weighted by molar-refractivity contribution is 5.78. The third-order valence-electron chi connectivity index (χ3n) is 1.40. The second kappa shape index (κ2) is 5.36. The van der Waals surface area contributed by atoms with Crippen molar-refractivity contribution in [3.05, 3.63) is 0 Å². The Labute approximate surface area is 69.8 Å². The van der Waals surface area contributed by atoms with Crippen LogP contribution in [0.1, 0.15) is 20.3 Å². The van der Waals surface area contributed by atoms with E-state index >= 15 is 0 Å². The molecule has 0 rings (SSSR count). The minimum absolute atomic E-state index is 0.225. The summed E-state index contributed by atoms with van der Waals surface area (Å²) in [6.07, 6.45) is -0.470. The monoisotopic (exact) mass is 176 g/mol. The van der Waals surface area contributed by atoms with Gasteiger partial charge in [-0.15, -0.1) is 0 Å². The zero-order valence-electron chi connectivity index (χ0n) is 6.96. The predicted octanol–water partition coefficient (Wildman–Crippen LogP) is 0.179. The summed E-state index contributed by atoms with van der Waals surface area (Å²) < 4.78 is 0. The van der Waals surface area contributed by atoms with Crippen molar-refractivity contribution in [1.29, 1.82) is 0 Å². The van der Waals surface area contributed by atoms with E-state index in [9.17, 15) is 9.59 Å². The van der Waals surface area contributed by atoms with Gasteiger partial charge in [0, 0.05) is 5.92 Å². The highest BCUT2D eigenvalue weighted by Crippen LogP contribution is 1.98. The van der Waals surface area contributed by atoms with Gasteiger partial charge in [-0.05, 0) is 6.42 Å². The Morgan fingerprint density at radius 1 is 1.58 bits per heavy atom. The maximum Gasteiger partial charge on any atom is 0.455 e. The molecule has 3 N–H and O–H groups in total. The van der Waals surface area contributed by atoms with Crippen molar-refractivity contribution in [1.82, 2.24) is 11.0 Å². The van der Waals surface area contributed by atoms with Gasteiger partial charge in [-0.3, -0.25) is 10.0 Å². The van der Waals surface area contributed by atoms with E-state index in [1.807, 2.05) is 12.4 Å². The molecule has 0 aromatic rings. The van der Waals surface area contributed by atoms with Crippen LogP contribution in [0.15, 0.2) is 0 Å². The number of rotatable bonds is 2. The largest absolute Gasteiger partial charge is 0.455 e. The molecule has 0 bridgehead atoms. The van der Waals surface area contributed by atoms with Gasteiger partial charge in [0.2, 0.25) is 0 Å². The van der Waals surface area contributed by atoms with Crippen molar-refractivity contribution < 1.29 is 19.6 Å². The van der Waals surface area contributed by atoms with Gasteiger partial charge in [0.1, 0.15) is 0 Å². The topological polar surface area (TPSA) is 87.7 Å². The number of hydrogen-bond acceptors (Lipinski definition) is 4. The van der Waals surface area contributed by atoms with Crippen LogP contribution in [-0.4, -0.2) is 17.2 Å². The van der Waals surface area contributed by atoms with E-state index < -0.39 is 12.0 Å². The van der Waals surface area contributed by atoms with Gasteiger partial charge >= 0.3 is 6.09 Å². The van der Waals surface area contributed by atoms with E-state index in [0.29, 0.717) is 6.42 Å². The van der Waals surface area contributed by atoms with Crippen LogP contribution in [0.4, 0.5) is 4.79 Å². The fourth-order valence-corrected chi connectivity index (χ4v) is 0.405. The zero-order valence-corrected chi connectivity index (χ0v) is 6.96. The third kappa shape index (κ3) is 3.77. The average molecular weight is 176 g/mol. The maximum atomic E-state index is 10.9. The molecule has 0 aliphatic heterocycles. The molecular formula is C6H12N2O4. The Bertz CT molecular complexity index is 171. The molecule has 0 aromatic heterocycles. The van der Waals surface area contributed by atoms with Crippen molar-refractivity contribution in [2.45, 2.75) is 20.3 Å². The fraction of sp³-hybridized carbons (Fsp3) is 0.667. The minimum Gasteiger partial charge on any atom is -0.320 e. The predicted molar refractivity (Wildman–Crippen MR) is 39.0 cm³/mol. The van der Waals surface area contributed by atoms with Gasteiger partial charge in [0.15, 0.2) is 0 Å². The van der Waals surface area contributed by atoms with Gasteiger partial charge in [0.05, 0.1) is 0 Å². The molecule has 0 aliphatic carbocycles. The van der Waals surface area contributed by atoms with Crippen LogP contribution < -0.4 is 11.0 Å². The third-order valence-corrected chi connectivity index (χ3v) is 1.40. The Kier molecular flexibility index (Phi) is 4.78. The lowest BCUT2D eigenvalue weighted by atomic mass is 10.1. The number of hydroxylamine groups is 2. The Morgan fingerprint density at radius 2 is 2.17 bits per heavy atom. The summed E-state index contributed by atoms with van der Waals surface area (Å²) in [5, 5.41) is 7.97. The van der Waals surface area contributed by atoms with E-state index in [1.165, 1.54) is 5.48 Å². The quantitative estimate of drug-likeness (QED) is 0.413. The van der Waals surface area contributed by atoms with Gasteiger partial charge in [-0.2, -0.15) is 5.48 Å². The SMILES string of the molecule is CCC(C)C(=O)NOC(=O)NO. The van der Waals surface area contributed by atoms with Gasteiger partial charge in [0.25, 0.3) is 5.91 Å². The summed E-state index contributed by atoms with van der Waals surface area (Å²) in [7, 11) is 0. The summed E-state index contributed by atoms with van der Waals surface area (Å²) in [5.41, 5.74) is 3.07. The summed E-state index contributed by atoms with van der Waals surface area (Å²) in [6.45, 7) is 3.52. The van der Waals surface area contributed by atoms with Crippen molar-refractivity contribution >= 4 is 12.0 Å². The second-order valence-electron chi connectivity index (χ2n) is 2.28. The molecule has 0 saturated heterocycles. The van der Waals surface area contributed by atoms with Crippen molar-refractivity contribution in [2.75, 3.05) is 0 Å². The molecule has 0 spiro atoms. The summed E-state index contributed by atoms with van der Waals surface area (Å²) in [5.74, 6) is -0.627. The molecule has 12 heavy (non-hydrogen) atoms. The first kappa shape index (κ1) is 10.7. The lowest BCUT2D eigenvalue weighted by Gasteiger charge is -2.08. The number of nitrogens with one attached hydrogen (secondary N) is 2. The summed E-state index contributed by atoms with van der Waals surface area (Å²) in [6, 6.07) is 0. The van der Waals surface area contributed by atoms with Crippen LogP contribution in [0.3, 0.4) is 0 Å². The average Bonchev–Trinajstić information content (AvgIpc) is 2.11. The molecule has 2 amide bonds. The first-order chi connectivity index (χ1) is 5.61. The second-order valence-corrected chi connectivity index (χ2v) is 2.28. The first-order valence-electron chi connectivity index (χ1n) is 3.52. The molecular weight excluding hydrogens is 164 g/mol. The van der Waals surface area contributed by atoms with E-state index in [0.717, 1.165) is 0 Å². The first-order valence-corrected chi connectivity index (χ1v) is 3.52. The van der Waals surface area contributed by atoms with Crippen LogP contribution in [-0.2, 0) is 9.63 Å². The standard InChI is InChI=1S/C6H12N2O4/c1-3-4(2)5(9)8-12-6(10)7-11/h4,11H,3H2,1-2H3,(H,7,10)(H,8,9). The molecule has 0 saturated carbocycles. The zero-order chi connectivity index (χ0) is 9.56. The fourth-order valence-electron chi connectivity index (χ4n) is 0.405. The van der Waals surface area contributed by atoms with Crippen molar-refractivity contribution in [3.63, 3.8) is 0 Å². The van der Waals surface area contributed by atoms with Gasteiger partial charge in [-0.25, -0.2) is 10.3 Å². The molecule has 0 aromatic carbocycles. The molecule has 70 valence electrons. The lowest BCUT2D eigenvalue weighted by Crippen LogP contribution is -2.34. The van der Waals surface area contributed by atoms with E-state index in [1.54, 1.807) is 6.92 Å². The smallest absolute Gasteiger partial charge is 0.320 e. The lowest BCUT2D eigenvalue weighted by molar-refractivity contribution is -0.133. The van der Waals surface area contributed by atoms with E-state index in [2.05, 4.69) is 4.84 Å². The highest BCUT2D eigenvalue weighted by atomic mass is 16.7. The molecule has 0 aliphatic rings. The molecule has 6 heteroatoms. The van der Waals surface area contributed by atoms with E-state index in [4.69, 9.17) is 5.21 Å². The Hall–Kier alpha value is -1.30. The van der Waals surface area contributed by atoms with Gasteiger partial charge in [-0.1, -0.05) is 13.8 Å². The normalized spacial score (nSPS) is 11.6. The number of amides is 2. The number of carbonyl (C=O) groups is 2. The molecule has 0 fully saturated rings. The minimum atomic E-state index is -1.12. The molecule has 1 unspecified atom stereocenters. The summed E-state index contributed by atoms with van der Waals surface area (Å²) in [4.78, 5) is 25.2. The van der Waals surface area contributed by atoms with Crippen LogP contribution >= 0.6 is 0 Å². The van der Waals surface area contributed by atoms with Crippen LogP contribution in [0, 0.1) is 5.92 Å². The maximum absolute atomic E-state index is 10.9. The van der Waals surface area contributed by atoms with Crippen LogP contribution in [0.2, 0.25) is 0 Å². The van der Waals surface area contributed by atoms with Crippen molar-refractivity contribution in [3.8, 4) is 0 Å². The molecule has 0 heterocycles. The van der Waals surface area contributed by atoms with Crippen molar-refractivity contribution in [2.24, 2.45) is 5.92 Å². The van der Waals surface area contributed by atoms with Crippen LogP contribution in [0.5, 0.6) is 0 Å². The molecule has 6 nitrogen and oxygen atoms in total. The molecule has 0 radical (unpaired) electrons. The Balaban J connectivity index is 3.64. The van der Waals surface area contributed by atoms with Crippen LogP contribution in [0.25, 0.3) is 0 Å². The summed E-state index contributed by atoms with van der Waals surface area (Å²) >= 11 is 0. The number of carbonyl (C=O) groups excluding carboxylic acids is 2. The Morgan fingerprint density at radius 3 is 2.58 bits per heavy atom. The number of hydrogen-bond donors (Lipinski definition) is 3. The van der Waals surface area contributed by atoms with Gasteiger partial charge < -0.3 is 4.84 Å². The van der Waals surface area contributed by atoms with E-state index in [-0.39, 0.29) is 5.92 Å².